The van der Waals surface area contributed by atoms with Crippen LogP contribution in [0.2, 0.25) is 0 Å². The standard InChI is InChI=1S/C13H24N4/c1-11-4-5-14-13(6-11)10-16(2)8-12-7-15-17(3)9-12/h7,9,11,13-14H,4-6,8,10H2,1-3H3. The first kappa shape index (κ1) is 12.6. The zero-order valence-corrected chi connectivity index (χ0v) is 11.2. The summed E-state index contributed by atoms with van der Waals surface area (Å²) in [5.74, 6) is 0.869. The monoisotopic (exact) mass is 236 g/mol. The Kier molecular flexibility index (Phi) is 4.18. The molecule has 96 valence electrons. The van der Waals surface area contributed by atoms with Crippen molar-refractivity contribution in [2.24, 2.45) is 13.0 Å². The fraction of sp³-hybridized carbons (Fsp3) is 0.769. The molecule has 1 aromatic rings. The van der Waals surface area contributed by atoms with Crippen molar-refractivity contribution in [2.75, 3.05) is 20.1 Å². The van der Waals surface area contributed by atoms with Gasteiger partial charge in [0, 0.05) is 37.9 Å². The number of rotatable bonds is 4. The zero-order chi connectivity index (χ0) is 12.3. The molecular formula is C13H24N4. The Morgan fingerprint density at radius 3 is 3.06 bits per heavy atom. The highest BCUT2D eigenvalue weighted by Crippen LogP contribution is 2.16. The number of piperidine rings is 1. The normalized spacial score (nSPS) is 25.4. The molecule has 1 aliphatic rings. The third-order valence-corrected chi connectivity index (χ3v) is 3.50. The van der Waals surface area contributed by atoms with Crippen molar-refractivity contribution < 1.29 is 0 Å². The van der Waals surface area contributed by atoms with Crippen molar-refractivity contribution in [1.82, 2.24) is 20.0 Å². The number of nitrogens with zero attached hydrogens (tertiary/aromatic N) is 3. The minimum atomic E-state index is 0.653. The van der Waals surface area contributed by atoms with Gasteiger partial charge in [0.25, 0.3) is 0 Å². The van der Waals surface area contributed by atoms with Gasteiger partial charge in [0.05, 0.1) is 6.20 Å². The van der Waals surface area contributed by atoms with Crippen LogP contribution >= 0.6 is 0 Å². The van der Waals surface area contributed by atoms with Crippen LogP contribution in [-0.2, 0) is 13.6 Å². The van der Waals surface area contributed by atoms with Gasteiger partial charge in [-0.2, -0.15) is 5.10 Å². The largest absolute Gasteiger partial charge is 0.313 e. The van der Waals surface area contributed by atoms with E-state index in [9.17, 15) is 0 Å². The number of nitrogens with one attached hydrogen (secondary N) is 1. The van der Waals surface area contributed by atoms with E-state index in [0.717, 1.165) is 19.0 Å². The molecule has 1 fully saturated rings. The average Bonchev–Trinajstić information content (AvgIpc) is 2.63. The van der Waals surface area contributed by atoms with Gasteiger partial charge in [-0.25, -0.2) is 0 Å². The molecular weight excluding hydrogens is 212 g/mol. The summed E-state index contributed by atoms with van der Waals surface area (Å²) in [6, 6.07) is 0.653. The molecule has 1 N–H and O–H groups in total. The van der Waals surface area contributed by atoms with Crippen LogP contribution in [-0.4, -0.2) is 40.9 Å². The first-order chi connectivity index (χ1) is 8.13. The summed E-state index contributed by atoms with van der Waals surface area (Å²) in [4.78, 5) is 2.38. The van der Waals surface area contributed by atoms with Gasteiger partial charge >= 0.3 is 0 Å². The van der Waals surface area contributed by atoms with Crippen molar-refractivity contribution in [2.45, 2.75) is 32.4 Å². The van der Waals surface area contributed by atoms with Crippen molar-refractivity contribution in [3.8, 4) is 0 Å². The van der Waals surface area contributed by atoms with Crippen molar-refractivity contribution >= 4 is 0 Å². The topological polar surface area (TPSA) is 33.1 Å². The highest BCUT2D eigenvalue weighted by molar-refractivity contribution is 5.03. The summed E-state index contributed by atoms with van der Waals surface area (Å²) in [6.45, 7) is 5.64. The molecule has 0 spiro atoms. The molecule has 4 nitrogen and oxygen atoms in total. The van der Waals surface area contributed by atoms with E-state index in [1.807, 2.05) is 17.9 Å². The van der Waals surface area contributed by atoms with Crippen molar-refractivity contribution in [3.05, 3.63) is 18.0 Å². The summed E-state index contributed by atoms with van der Waals surface area (Å²) in [5.41, 5.74) is 1.29. The second-order valence-corrected chi connectivity index (χ2v) is 5.50. The molecule has 4 heteroatoms. The van der Waals surface area contributed by atoms with Gasteiger partial charge in [0.15, 0.2) is 0 Å². The Morgan fingerprint density at radius 1 is 1.59 bits per heavy atom. The summed E-state index contributed by atoms with van der Waals surface area (Å²) in [6.07, 6.45) is 6.67. The van der Waals surface area contributed by atoms with Crippen LogP contribution in [0.4, 0.5) is 0 Å². The van der Waals surface area contributed by atoms with Crippen LogP contribution in [0.3, 0.4) is 0 Å². The maximum Gasteiger partial charge on any atom is 0.0534 e. The Labute approximate surface area is 104 Å². The molecule has 0 aromatic carbocycles. The van der Waals surface area contributed by atoms with Gasteiger partial charge in [0.1, 0.15) is 0 Å². The summed E-state index contributed by atoms with van der Waals surface area (Å²) >= 11 is 0. The van der Waals surface area contributed by atoms with Gasteiger partial charge in [-0.15, -0.1) is 0 Å². The van der Waals surface area contributed by atoms with E-state index in [-0.39, 0.29) is 0 Å². The fourth-order valence-corrected chi connectivity index (χ4v) is 2.67. The van der Waals surface area contributed by atoms with Crippen LogP contribution in [0.1, 0.15) is 25.3 Å². The van der Waals surface area contributed by atoms with E-state index in [0.29, 0.717) is 6.04 Å². The van der Waals surface area contributed by atoms with Gasteiger partial charge in [-0.1, -0.05) is 6.92 Å². The van der Waals surface area contributed by atoms with Crippen molar-refractivity contribution in [3.63, 3.8) is 0 Å². The Bertz CT molecular complexity index is 347. The fourth-order valence-electron chi connectivity index (χ4n) is 2.67. The molecule has 2 unspecified atom stereocenters. The van der Waals surface area contributed by atoms with Gasteiger partial charge < -0.3 is 10.2 Å². The van der Waals surface area contributed by atoms with E-state index in [1.54, 1.807) is 0 Å². The highest BCUT2D eigenvalue weighted by atomic mass is 15.2. The summed E-state index contributed by atoms with van der Waals surface area (Å²) in [5, 5.41) is 7.81. The molecule has 1 aromatic heterocycles. The molecule has 1 aliphatic heterocycles. The molecule has 0 radical (unpaired) electrons. The lowest BCUT2D eigenvalue weighted by Crippen LogP contribution is -2.44. The summed E-state index contributed by atoms with van der Waals surface area (Å²) < 4.78 is 1.87. The van der Waals surface area contributed by atoms with Gasteiger partial charge in [-0.3, -0.25) is 4.68 Å². The maximum atomic E-state index is 4.20. The third-order valence-electron chi connectivity index (χ3n) is 3.50. The number of hydrogen-bond donors (Lipinski definition) is 1. The van der Waals surface area contributed by atoms with E-state index in [1.165, 1.54) is 24.9 Å². The van der Waals surface area contributed by atoms with E-state index >= 15 is 0 Å². The lowest BCUT2D eigenvalue weighted by Gasteiger charge is -2.31. The minimum Gasteiger partial charge on any atom is -0.313 e. The Morgan fingerprint density at radius 2 is 2.41 bits per heavy atom. The van der Waals surface area contributed by atoms with Crippen LogP contribution < -0.4 is 5.32 Å². The minimum absolute atomic E-state index is 0.653. The Balaban J connectivity index is 1.78. The number of aryl methyl sites for hydroxylation is 1. The average molecular weight is 236 g/mol. The molecule has 0 amide bonds. The quantitative estimate of drug-likeness (QED) is 0.854. The van der Waals surface area contributed by atoms with E-state index in [4.69, 9.17) is 0 Å². The maximum absolute atomic E-state index is 4.20. The molecule has 0 aliphatic carbocycles. The number of aromatic nitrogens is 2. The lowest BCUT2D eigenvalue weighted by molar-refractivity contribution is 0.230. The second kappa shape index (κ2) is 5.65. The van der Waals surface area contributed by atoms with Gasteiger partial charge in [-0.05, 0) is 32.4 Å². The molecule has 17 heavy (non-hydrogen) atoms. The van der Waals surface area contributed by atoms with Gasteiger partial charge in [0.2, 0.25) is 0 Å². The van der Waals surface area contributed by atoms with Crippen LogP contribution in [0.5, 0.6) is 0 Å². The predicted octanol–water partition coefficient (Wildman–Crippen LogP) is 1.24. The summed E-state index contributed by atoms with van der Waals surface area (Å²) in [7, 11) is 4.15. The first-order valence-electron chi connectivity index (χ1n) is 6.53. The smallest absolute Gasteiger partial charge is 0.0534 e. The van der Waals surface area contributed by atoms with E-state index in [2.05, 4.69) is 35.5 Å². The zero-order valence-electron chi connectivity index (χ0n) is 11.2. The Hall–Kier alpha value is -0.870. The first-order valence-corrected chi connectivity index (χ1v) is 6.53. The van der Waals surface area contributed by atoms with Crippen LogP contribution in [0.25, 0.3) is 0 Å². The van der Waals surface area contributed by atoms with Crippen molar-refractivity contribution in [1.29, 1.82) is 0 Å². The molecule has 2 heterocycles. The number of hydrogen-bond acceptors (Lipinski definition) is 3. The second-order valence-electron chi connectivity index (χ2n) is 5.50. The molecule has 1 saturated heterocycles. The van der Waals surface area contributed by atoms with Crippen LogP contribution in [0, 0.1) is 5.92 Å². The molecule has 2 rings (SSSR count). The van der Waals surface area contributed by atoms with E-state index < -0.39 is 0 Å². The SMILES string of the molecule is CC1CCNC(CN(C)Cc2cnn(C)c2)C1. The molecule has 0 saturated carbocycles. The molecule has 2 atom stereocenters. The third kappa shape index (κ3) is 3.82. The lowest BCUT2D eigenvalue weighted by atomic mass is 9.94. The number of likely N-dealkylation sites (N-methyl/N-ethyl adjacent to an activating group) is 1. The van der Waals surface area contributed by atoms with Crippen LogP contribution in [0.15, 0.2) is 12.4 Å². The predicted molar refractivity (Wildman–Crippen MR) is 69.7 cm³/mol. The highest BCUT2D eigenvalue weighted by Gasteiger charge is 2.19. The molecule has 0 bridgehead atoms.